The summed E-state index contributed by atoms with van der Waals surface area (Å²) in [7, 11) is 4.21. The van der Waals surface area contributed by atoms with Crippen molar-refractivity contribution in [1.82, 2.24) is 9.88 Å². The molecule has 1 aromatic rings. The maximum Gasteiger partial charge on any atom is 0.127 e. The first-order chi connectivity index (χ1) is 8.52. The second kappa shape index (κ2) is 7.21. The lowest BCUT2D eigenvalue weighted by atomic mass is 10.0. The first-order valence-corrected chi connectivity index (χ1v) is 6.64. The smallest absolute Gasteiger partial charge is 0.127 e. The zero-order chi connectivity index (χ0) is 13.5. The predicted octanol–water partition coefficient (Wildman–Crippen LogP) is 2.51. The van der Waals surface area contributed by atoms with Crippen LogP contribution in [-0.4, -0.2) is 43.1 Å². The van der Waals surface area contributed by atoms with Crippen LogP contribution in [0.4, 0.5) is 11.5 Å². The number of likely N-dealkylation sites (N-methyl/N-ethyl adjacent to an activating group) is 1. The van der Waals surface area contributed by atoms with Gasteiger partial charge < -0.3 is 15.5 Å². The SMILES string of the molecule is CCNc1cc(NC(CN(C)C)C(C)C)ccn1. The summed E-state index contributed by atoms with van der Waals surface area (Å²) in [6, 6.07) is 4.53. The van der Waals surface area contributed by atoms with Crippen molar-refractivity contribution in [3.63, 3.8) is 0 Å². The summed E-state index contributed by atoms with van der Waals surface area (Å²) in [5, 5.41) is 6.82. The first-order valence-electron chi connectivity index (χ1n) is 6.64. The molecular formula is C14H26N4. The maximum absolute atomic E-state index is 4.28. The van der Waals surface area contributed by atoms with Crippen molar-refractivity contribution in [2.45, 2.75) is 26.8 Å². The average Bonchev–Trinajstić information content (AvgIpc) is 2.28. The minimum Gasteiger partial charge on any atom is -0.381 e. The number of anilines is 2. The molecule has 0 fully saturated rings. The van der Waals surface area contributed by atoms with E-state index in [1.54, 1.807) is 0 Å². The van der Waals surface area contributed by atoms with E-state index in [0.717, 1.165) is 24.6 Å². The predicted molar refractivity (Wildman–Crippen MR) is 79.2 cm³/mol. The van der Waals surface area contributed by atoms with Gasteiger partial charge in [0.25, 0.3) is 0 Å². The van der Waals surface area contributed by atoms with Gasteiger partial charge in [0.2, 0.25) is 0 Å². The highest BCUT2D eigenvalue weighted by Crippen LogP contribution is 2.16. The van der Waals surface area contributed by atoms with Crippen molar-refractivity contribution in [3.05, 3.63) is 18.3 Å². The molecule has 1 heterocycles. The topological polar surface area (TPSA) is 40.2 Å². The van der Waals surface area contributed by atoms with Gasteiger partial charge in [-0.1, -0.05) is 13.8 Å². The molecule has 0 radical (unpaired) electrons. The molecule has 4 nitrogen and oxygen atoms in total. The third-order valence-electron chi connectivity index (χ3n) is 2.84. The summed E-state index contributed by atoms with van der Waals surface area (Å²) in [5.41, 5.74) is 1.13. The van der Waals surface area contributed by atoms with Crippen molar-refractivity contribution in [2.24, 2.45) is 5.92 Å². The molecule has 1 aromatic heterocycles. The van der Waals surface area contributed by atoms with Crippen LogP contribution in [0.1, 0.15) is 20.8 Å². The monoisotopic (exact) mass is 250 g/mol. The van der Waals surface area contributed by atoms with E-state index < -0.39 is 0 Å². The number of rotatable bonds is 7. The summed E-state index contributed by atoms with van der Waals surface area (Å²) in [6.07, 6.45) is 1.84. The van der Waals surface area contributed by atoms with Crippen molar-refractivity contribution >= 4 is 11.5 Å². The fraction of sp³-hybridized carbons (Fsp3) is 0.643. The molecule has 0 bridgehead atoms. The van der Waals surface area contributed by atoms with Crippen molar-refractivity contribution in [3.8, 4) is 0 Å². The van der Waals surface area contributed by atoms with Crippen LogP contribution in [0.2, 0.25) is 0 Å². The highest BCUT2D eigenvalue weighted by Gasteiger charge is 2.14. The molecule has 0 spiro atoms. The molecule has 0 amide bonds. The van der Waals surface area contributed by atoms with Crippen LogP contribution in [0.5, 0.6) is 0 Å². The van der Waals surface area contributed by atoms with Crippen molar-refractivity contribution < 1.29 is 0 Å². The van der Waals surface area contributed by atoms with Crippen LogP contribution in [0.3, 0.4) is 0 Å². The van der Waals surface area contributed by atoms with Crippen molar-refractivity contribution in [2.75, 3.05) is 37.8 Å². The summed E-state index contributed by atoms with van der Waals surface area (Å²) < 4.78 is 0. The number of nitrogens with one attached hydrogen (secondary N) is 2. The van der Waals surface area contributed by atoms with Gasteiger partial charge in [-0.25, -0.2) is 4.98 Å². The third kappa shape index (κ3) is 4.92. The minimum atomic E-state index is 0.442. The summed E-state index contributed by atoms with van der Waals surface area (Å²) >= 11 is 0. The Morgan fingerprint density at radius 3 is 2.61 bits per heavy atom. The van der Waals surface area contributed by atoms with Crippen LogP contribution in [0, 0.1) is 5.92 Å². The molecule has 1 unspecified atom stereocenters. The molecule has 1 atom stereocenters. The van der Waals surface area contributed by atoms with Gasteiger partial charge in [-0.3, -0.25) is 0 Å². The van der Waals surface area contributed by atoms with E-state index in [9.17, 15) is 0 Å². The number of hydrogen-bond donors (Lipinski definition) is 2. The van der Waals surface area contributed by atoms with Crippen LogP contribution < -0.4 is 10.6 Å². The number of hydrogen-bond acceptors (Lipinski definition) is 4. The van der Waals surface area contributed by atoms with Crippen LogP contribution >= 0.6 is 0 Å². The van der Waals surface area contributed by atoms with E-state index in [-0.39, 0.29) is 0 Å². The quantitative estimate of drug-likeness (QED) is 0.780. The van der Waals surface area contributed by atoms with Gasteiger partial charge >= 0.3 is 0 Å². The van der Waals surface area contributed by atoms with Gasteiger partial charge in [0.1, 0.15) is 5.82 Å². The molecular weight excluding hydrogens is 224 g/mol. The Morgan fingerprint density at radius 2 is 2.06 bits per heavy atom. The Hall–Kier alpha value is -1.29. The molecule has 0 aliphatic rings. The van der Waals surface area contributed by atoms with E-state index in [4.69, 9.17) is 0 Å². The summed E-state index contributed by atoms with van der Waals surface area (Å²) in [6.45, 7) is 8.48. The lowest BCUT2D eigenvalue weighted by molar-refractivity contribution is 0.344. The Bertz CT molecular complexity index is 349. The molecule has 102 valence electrons. The number of pyridine rings is 1. The van der Waals surface area contributed by atoms with Gasteiger partial charge in [-0.2, -0.15) is 0 Å². The second-order valence-corrected chi connectivity index (χ2v) is 5.22. The molecule has 0 aromatic carbocycles. The maximum atomic E-state index is 4.28. The van der Waals surface area contributed by atoms with Gasteiger partial charge in [-0.05, 0) is 33.0 Å². The number of nitrogens with zero attached hydrogens (tertiary/aromatic N) is 2. The van der Waals surface area contributed by atoms with Gasteiger partial charge in [0, 0.05) is 37.1 Å². The van der Waals surface area contributed by atoms with Crippen LogP contribution in [-0.2, 0) is 0 Å². The molecule has 0 saturated heterocycles. The Labute approximate surface area is 111 Å². The molecule has 1 rings (SSSR count). The molecule has 0 aliphatic heterocycles. The summed E-state index contributed by atoms with van der Waals surface area (Å²) in [5.74, 6) is 1.51. The highest BCUT2D eigenvalue weighted by atomic mass is 15.1. The standard InChI is InChI=1S/C14H26N4/c1-6-15-14-9-12(7-8-16-14)17-13(11(2)3)10-18(4)5/h7-9,11,13H,6,10H2,1-5H3,(H2,15,16,17). The van der Waals surface area contributed by atoms with Gasteiger partial charge in [-0.15, -0.1) is 0 Å². The van der Waals surface area contributed by atoms with Gasteiger partial charge in [0.05, 0.1) is 0 Å². The normalized spacial score (nSPS) is 12.8. The summed E-state index contributed by atoms with van der Waals surface area (Å²) in [4.78, 5) is 6.49. The van der Waals surface area contributed by atoms with E-state index >= 15 is 0 Å². The van der Waals surface area contributed by atoms with Crippen molar-refractivity contribution in [1.29, 1.82) is 0 Å². The zero-order valence-electron chi connectivity index (χ0n) is 12.2. The second-order valence-electron chi connectivity index (χ2n) is 5.22. The number of aromatic nitrogens is 1. The van der Waals surface area contributed by atoms with E-state index in [1.165, 1.54) is 0 Å². The zero-order valence-corrected chi connectivity index (χ0v) is 12.2. The van der Waals surface area contributed by atoms with Crippen LogP contribution in [0.25, 0.3) is 0 Å². The molecule has 0 aliphatic carbocycles. The molecule has 4 heteroatoms. The lowest BCUT2D eigenvalue weighted by Gasteiger charge is -2.26. The molecule has 18 heavy (non-hydrogen) atoms. The first kappa shape index (κ1) is 14.8. The Balaban J connectivity index is 2.70. The van der Waals surface area contributed by atoms with E-state index in [2.05, 4.69) is 61.5 Å². The fourth-order valence-corrected chi connectivity index (χ4v) is 1.83. The molecule has 2 N–H and O–H groups in total. The Morgan fingerprint density at radius 1 is 1.33 bits per heavy atom. The lowest BCUT2D eigenvalue weighted by Crippen LogP contribution is -2.36. The highest BCUT2D eigenvalue weighted by molar-refractivity contribution is 5.52. The van der Waals surface area contributed by atoms with Gasteiger partial charge in [0.15, 0.2) is 0 Å². The minimum absolute atomic E-state index is 0.442. The third-order valence-corrected chi connectivity index (χ3v) is 2.84. The van der Waals surface area contributed by atoms with E-state index in [0.29, 0.717) is 12.0 Å². The molecule has 0 saturated carbocycles. The van der Waals surface area contributed by atoms with Crippen LogP contribution in [0.15, 0.2) is 18.3 Å². The average molecular weight is 250 g/mol. The van der Waals surface area contributed by atoms with E-state index in [1.807, 2.05) is 12.3 Å². The largest absolute Gasteiger partial charge is 0.381 e. The fourth-order valence-electron chi connectivity index (χ4n) is 1.83. The Kier molecular flexibility index (Phi) is 5.92.